The molecule has 1 saturated heterocycles. The van der Waals surface area contributed by atoms with Crippen LogP contribution in [0.1, 0.15) is 33.8 Å². The number of benzene rings is 1. The van der Waals surface area contributed by atoms with Gasteiger partial charge in [0, 0.05) is 18.8 Å². The molecule has 1 N–H and O–H groups in total. The third kappa shape index (κ3) is 4.16. The first-order valence-corrected chi connectivity index (χ1v) is 8.51. The van der Waals surface area contributed by atoms with Crippen LogP contribution in [0.3, 0.4) is 0 Å². The zero-order chi connectivity index (χ0) is 19.4. The summed E-state index contributed by atoms with van der Waals surface area (Å²) in [5.74, 6) is -2.28. The van der Waals surface area contributed by atoms with Crippen LogP contribution in [0, 0.1) is 11.7 Å². The van der Waals surface area contributed by atoms with Gasteiger partial charge in [0.15, 0.2) is 5.76 Å². The Hall–Kier alpha value is -3.16. The summed E-state index contributed by atoms with van der Waals surface area (Å²) in [7, 11) is 1.15. The predicted octanol–water partition coefficient (Wildman–Crippen LogP) is 2.70. The quantitative estimate of drug-likeness (QED) is 0.831. The van der Waals surface area contributed by atoms with Gasteiger partial charge in [-0.25, -0.2) is 9.18 Å². The molecule has 1 aliphatic rings. The lowest BCUT2D eigenvalue weighted by Gasteiger charge is -2.31. The fraction of sp³-hybridized carbons (Fsp3) is 0.316. The van der Waals surface area contributed by atoms with Gasteiger partial charge >= 0.3 is 5.97 Å². The number of amides is 2. The molecule has 2 heterocycles. The first kappa shape index (κ1) is 18.6. The molecule has 142 valence electrons. The lowest BCUT2D eigenvalue weighted by molar-refractivity contribution is -0.121. The Morgan fingerprint density at radius 2 is 2.11 bits per heavy atom. The van der Waals surface area contributed by atoms with Crippen molar-refractivity contribution in [3.8, 4) is 0 Å². The lowest BCUT2D eigenvalue weighted by Crippen LogP contribution is -2.43. The smallest absolute Gasteiger partial charge is 0.340 e. The highest BCUT2D eigenvalue weighted by molar-refractivity contribution is 5.96. The Balaban J connectivity index is 1.67. The summed E-state index contributed by atoms with van der Waals surface area (Å²) in [4.78, 5) is 38.1. The van der Waals surface area contributed by atoms with Crippen LogP contribution in [-0.2, 0) is 9.53 Å². The van der Waals surface area contributed by atoms with E-state index < -0.39 is 17.7 Å². The Bertz CT molecular complexity index is 850. The number of piperidine rings is 1. The standard InChI is InChI=1S/C19H19FN2O5/c1-26-19(25)14-10-13(6-7-15(14)20)21-17(23)12-4-2-8-22(11-12)18(24)16-5-3-9-27-16/h3,5-7,9-10,12H,2,4,8,11H2,1H3,(H,21,23). The summed E-state index contributed by atoms with van der Waals surface area (Å²) >= 11 is 0. The number of methoxy groups -OCH3 is 1. The average Bonchev–Trinajstić information content (AvgIpc) is 3.23. The van der Waals surface area contributed by atoms with Gasteiger partial charge in [0.1, 0.15) is 5.82 Å². The molecule has 1 atom stereocenters. The summed E-state index contributed by atoms with van der Waals surface area (Å²) in [6.07, 6.45) is 2.73. The van der Waals surface area contributed by atoms with E-state index in [0.717, 1.165) is 13.2 Å². The van der Waals surface area contributed by atoms with Crippen LogP contribution < -0.4 is 5.32 Å². The molecule has 0 saturated carbocycles. The fourth-order valence-corrected chi connectivity index (χ4v) is 3.05. The highest BCUT2D eigenvalue weighted by Crippen LogP contribution is 2.22. The zero-order valence-corrected chi connectivity index (χ0v) is 14.7. The summed E-state index contributed by atoms with van der Waals surface area (Å²) in [6.45, 7) is 0.808. The van der Waals surface area contributed by atoms with Crippen molar-refractivity contribution in [2.45, 2.75) is 12.8 Å². The average molecular weight is 374 g/mol. The van der Waals surface area contributed by atoms with Crippen LogP contribution in [0.2, 0.25) is 0 Å². The van der Waals surface area contributed by atoms with Gasteiger partial charge in [-0.05, 0) is 43.2 Å². The van der Waals surface area contributed by atoms with Crippen LogP contribution >= 0.6 is 0 Å². The molecule has 3 rings (SSSR count). The first-order chi connectivity index (χ1) is 13.0. The Morgan fingerprint density at radius 3 is 2.81 bits per heavy atom. The second kappa shape index (κ2) is 8.03. The SMILES string of the molecule is COC(=O)c1cc(NC(=O)C2CCCN(C(=O)c3ccco3)C2)ccc1F. The maximum absolute atomic E-state index is 13.7. The van der Waals surface area contributed by atoms with Gasteiger partial charge in [-0.15, -0.1) is 0 Å². The molecule has 2 aromatic rings. The topological polar surface area (TPSA) is 88.9 Å². The molecule has 2 amide bonds. The Labute approximate surface area is 155 Å². The molecular weight excluding hydrogens is 355 g/mol. The lowest BCUT2D eigenvalue weighted by atomic mass is 9.96. The maximum atomic E-state index is 13.7. The van der Waals surface area contributed by atoms with Crippen LogP contribution in [0.25, 0.3) is 0 Å². The molecule has 0 spiro atoms. The van der Waals surface area contributed by atoms with E-state index in [1.54, 1.807) is 17.0 Å². The number of rotatable bonds is 4. The molecule has 0 bridgehead atoms. The van der Waals surface area contributed by atoms with E-state index in [9.17, 15) is 18.8 Å². The number of halogens is 1. The van der Waals surface area contributed by atoms with Crippen molar-refractivity contribution in [3.63, 3.8) is 0 Å². The molecule has 8 heteroatoms. The van der Waals surface area contributed by atoms with Crippen LogP contribution in [0.15, 0.2) is 41.0 Å². The highest BCUT2D eigenvalue weighted by Gasteiger charge is 2.30. The van der Waals surface area contributed by atoms with Gasteiger partial charge in [-0.1, -0.05) is 0 Å². The molecular formula is C19H19FN2O5. The molecule has 0 aliphatic carbocycles. The predicted molar refractivity (Wildman–Crippen MR) is 93.7 cm³/mol. The number of nitrogens with one attached hydrogen (secondary N) is 1. The van der Waals surface area contributed by atoms with Gasteiger partial charge in [-0.2, -0.15) is 0 Å². The van der Waals surface area contributed by atoms with Crippen LogP contribution in [-0.4, -0.2) is 42.9 Å². The van der Waals surface area contributed by atoms with E-state index in [-0.39, 0.29) is 35.4 Å². The molecule has 1 aromatic carbocycles. The largest absolute Gasteiger partial charge is 0.465 e. The third-order valence-electron chi connectivity index (χ3n) is 4.45. The van der Waals surface area contributed by atoms with E-state index in [2.05, 4.69) is 10.1 Å². The van der Waals surface area contributed by atoms with Crippen molar-refractivity contribution in [3.05, 3.63) is 53.7 Å². The second-order valence-corrected chi connectivity index (χ2v) is 6.24. The van der Waals surface area contributed by atoms with Crippen LogP contribution in [0.4, 0.5) is 10.1 Å². The van der Waals surface area contributed by atoms with E-state index in [4.69, 9.17) is 4.42 Å². The Kier molecular flexibility index (Phi) is 5.54. The monoisotopic (exact) mass is 374 g/mol. The zero-order valence-electron chi connectivity index (χ0n) is 14.7. The minimum absolute atomic E-state index is 0.234. The number of anilines is 1. The molecule has 1 fully saturated rings. The molecule has 0 radical (unpaired) electrons. The summed E-state index contributed by atoms with van der Waals surface area (Å²) < 4.78 is 23.4. The fourth-order valence-electron chi connectivity index (χ4n) is 3.05. The number of esters is 1. The highest BCUT2D eigenvalue weighted by atomic mass is 19.1. The van der Waals surface area contributed by atoms with Gasteiger partial charge in [0.05, 0.1) is 24.9 Å². The third-order valence-corrected chi connectivity index (χ3v) is 4.45. The number of ether oxygens (including phenoxy) is 1. The maximum Gasteiger partial charge on any atom is 0.340 e. The molecule has 1 aromatic heterocycles. The summed E-state index contributed by atoms with van der Waals surface area (Å²) in [6, 6.07) is 6.91. The van der Waals surface area contributed by atoms with Crippen molar-refractivity contribution < 1.29 is 27.9 Å². The minimum Gasteiger partial charge on any atom is -0.465 e. The Morgan fingerprint density at radius 1 is 1.30 bits per heavy atom. The van der Waals surface area contributed by atoms with E-state index >= 15 is 0 Å². The summed E-state index contributed by atoms with van der Waals surface area (Å²) in [5, 5.41) is 2.68. The number of furan rings is 1. The number of carbonyl (C=O) groups excluding carboxylic acids is 3. The van der Waals surface area contributed by atoms with E-state index in [0.29, 0.717) is 19.4 Å². The van der Waals surface area contributed by atoms with Gasteiger partial charge < -0.3 is 19.4 Å². The number of hydrogen-bond acceptors (Lipinski definition) is 5. The van der Waals surface area contributed by atoms with Crippen molar-refractivity contribution in [1.82, 2.24) is 4.90 Å². The van der Waals surface area contributed by atoms with Gasteiger partial charge in [-0.3, -0.25) is 9.59 Å². The molecule has 27 heavy (non-hydrogen) atoms. The second-order valence-electron chi connectivity index (χ2n) is 6.24. The first-order valence-electron chi connectivity index (χ1n) is 8.51. The van der Waals surface area contributed by atoms with E-state index in [1.165, 1.54) is 18.4 Å². The summed E-state index contributed by atoms with van der Waals surface area (Å²) in [5.41, 5.74) is 0.0323. The van der Waals surface area contributed by atoms with Crippen molar-refractivity contribution in [1.29, 1.82) is 0 Å². The number of carbonyl (C=O) groups is 3. The number of nitrogens with zero attached hydrogens (tertiary/aromatic N) is 1. The van der Waals surface area contributed by atoms with Crippen molar-refractivity contribution >= 4 is 23.5 Å². The van der Waals surface area contributed by atoms with E-state index in [1.807, 2.05) is 0 Å². The molecule has 7 nitrogen and oxygen atoms in total. The number of hydrogen-bond donors (Lipinski definition) is 1. The van der Waals surface area contributed by atoms with Crippen molar-refractivity contribution in [2.75, 3.05) is 25.5 Å². The minimum atomic E-state index is -0.823. The van der Waals surface area contributed by atoms with Crippen molar-refractivity contribution in [2.24, 2.45) is 5.92 Å². The van der Waals surface area contributed by atoms with Gasteiger partial charge in [0.2, 0.25) is 5.91 Å². The van der Waals surface area contributed by atoms with Crippen LogP contribution in [0.5, 0.6) is 0 Å². The molecule has 1 unspecified atom stereocenters. The normalized spacial score (nSPS) is 16.7. The number of likely N-dealkylation sites (tertiary alicyclic amines) is 1. The van der Waals surface area contributed by atoms with Gasteiger partial charge in [0.25, 0.3) is 5.91 Å². The molecule has 1 aliphatic heterocycles.